The molecule has 5 aromatic rings. The molecule has 0 saturated carbocycles. The second-order valence-electron chi connectivity index (χ2n) is 25.0. The summed E-state index contributed by atoms with van der Waals surface area (Å²) in [5.41, 5.74) is -6.43. The summed E-state index contributed by atoms with van der Waals surface area (Å²) in [6, 6.07) is 13.2. The molecule has 2 saturated heterocycles. The monoisotopic (exact) mass is 1650 g/mol. The van der Waals surface area contributed by atoms with Gasteiger partial charge >= 0.3 is 59.1 Å². The maximum atomic E-state index is 13.2. The first-order valence-electron chi connectivity index (χ1n) is 33.5. The minimum atomic E-state index is -2.76. The number of aliphatic hydroxyl groups excluding tert-OH is 6. The number of thioether (sulfide) groups is 2. The van der Waals surface area contributed by atoms with Crippen LogP contribution in [0.1, 0.15) is 93.8 Å². The Bertz CT molecular complexity index is 4370. The maximum absolute atomic E-state index is 13.2. The van der Waals surface area contributed by atoms with Gasteiger partial charge in [-0.3, -0.25) is 89.5 Å². The molecule has 0 unspecified atom stereocenters. The molecule has 7 rings (SSSR count). The summed E-state index contributed by atoms with van der Waals surface area (Å²) >= 11 is 2.75. The van der Waals surface area contributed by atoms with E-state index in [-0.39, 0.29) is 137 Å². The van der Waals surface area contributed by atoms with Crippen LogP contribution in [0.15, 0.2) is 97.1 Å². The third-order valence-electron chi connectivity index (χ3n) is 17.3. The third kappa shape index (κ3) is 25.7. The summed E-state index contributed by atoms with van der Waals surface area (Å²) in [7, 11) is 0. The Kier molecular flexibility index (Phi) is 38.1. The van der Waals surface area contributed by atoms with Gasteiger partial charge in [0.15, 0.2) is 5.78 Å². The number of nitro benzene ring substituents is 6. The van der Waals surface area contributed by atoms with E-state index in [9.17, 15) is 135 Å². The minimum absolute atomic E-state index is 0. The molecular weight excluding hydrogens is 1580 g/mol. The molecule has 0 bridgehead atoms. The van der Waals surface area contributed by atoms with E-state index in [0.29, 0.717) is 47.1 Å². The molecule has 2 aliphatic rings. The van der Waals surface area contributed by atoms with E-state index in [0.717, 1.165) is 74.5 Å². The number of non-ortho nitro benzene ring substituents is 2. The van der Waals surface area contributed by atoms with Gasteiger partial charge in [0.2, 0.25) is 17.6 Å². The van der Waals surface area contributed by atoms with E-state index in [2.05, 4.69) is 26.6 Å². The summed E-state index contributed by atoms with van der Waals surface area (Å²) in [6.45, 7) is 0.115. The molecule has 2 aliphatic heterocycles. The Labute approximate surface area is 697 Å². The van der Waals surface area contributed by atoms with E-state index in [1.165, 1.54) is 47.8 Å². The Morgan fingerprint density at radius 2 is 0.895 bits per heavy atom. The summed E-state index contributed by atoms with van der Waals surface area (Å²) in [4.78, 5) is 167. The molecule has 604 valence electrons. The van der Waals surface area contributed by atoms with Gasteiger partial charge in [0.05, 0.1) is 113 Å². The molecule has 0 spiro atoms. The number of benzene rings is 5. The number of carboxylic acid groups (broad SMARTS) is 1. The SMILES string of the molecule is CC(=O)N[C@H]1[C@H]([C@H](O)[C@H](O)CNC(=O)c2ccc(-c3ccc([N+](=O)[O-])cc3[N+](=O)[O-])c([N+](=O)[O-])c2)O[C@]([C-]=O)(OCCCSCCNC(=O)c2ccc(C(=O)CCCSCCCO[C@]3(C(=O)[O-])C[C@H](O)[C@@H](NC(C)=O)[C@H]([C@H](O)[C@H](O)CNC(=O)c4ccc(-c5ccc([N+](=O)[O-])cc5[N+](=O)[O-])c([N+](=O)[O-])c4)O3)cc2)C[C@@H]1O.[Na+].[Na+].[OH-]. The first-order valence-corrected chi connectivity index (χ1v) is 35.8. The van der Waals surface area contributed by atoms with Crippen LogP contribution in [0.3, 0.4) is 0 Å². The fraction of sp³-hybridized carbons (Fsp3) is 0.433. The van der Waals surface area contributed by atoms with Crippen LogP contribution in [0.25, 0.3) is 22.3 Å². The fourth-order valence-corrected chi connectivity index (χ4v) is 13.5. The molecule has 114 heavy (non-hydrogen) atoms. The number of hydrogen-bond donors (Lipinski definition) is 11. The Morgan fingerprint density at radius 3 is 1.32 bits per heavy atom. The van der Waals surface area contributed by atoms with Crippen molar-refractivity contribution in [2.45, 2.75) is 125 Å². The van der Waals surface area contributed by atoms with Crippen molar-refractivity contribution >= 4 is 105 Å². The number of aliphatic hydroxyl groups is 6. The number of nitro groups is 6. The van der Waals surface area contributed by atoms with Gasteiger partial charge in [-0.25, -0.2) is 6.29 Å². The average molecular weight is 1660 g/mol. The maximum Gasteiger partial charge on any atom is 1.00 e. The van der Waals surface area contributed by atoms with Crippen molar-refractivity contribution in [1.82, 2.24) is 26.6 Å². The average Bonchev–Trinajstić information content (AvgIpc) is 0.788. The summed E-state index contributed by atoms with van der Waals surface area (Å²) in [5, 5.41) is 162. The second kappa shape index (κ2) is 44.7. The zero-order valence-corrected chi connectivity index (χ0v) is 66.6. The smallest absolute Gasteiger partial charge is 0.870 e. The third-order valence-corrected chi connectivity index (χ3v) is 19.5. The molecule has 2 fully saturated rings. The van der Waals surface area contributed by atoms with Crippen molar-refractivity contribution < 1.29 is 187 Å². The number of carbonyl (C=O) groups excluding carboxylic acids is 8. The number of aliphatic carboxylic acids is 1. The zero-order chi connectivity index (χ0) is 81.8. The van der Waals surface area contributed by atoms with Gasteiger partial charge in [0.1, 0.15) is 30.4 Å². The second-order valence-corrected chi connectivity index (χ2v) is 27.4. The predicted octanol–water partition coefficient (Wildman–Crippen LogP) is -4.86. The largest absolute Gasteiger partial charge is 1.00 e. The number of Topliss-reactive ketones (excluding diaryl/α,β-unsaturated/α-hetero) is 1. The summed E-state index contributed by atoms with van der Waals surface area (Å²) in [6.07, 6.45) is -14.5. The Hall–Kier alpha value is -9.08. The van der Waals surface area contributed by atoms with Gasteiger partial charge < -0.3 is 96.3 Å². The number of amides is 5. The standard InChI is InChI=1S/C67H74N11O31S2.2Na.H2O/c1-35(80)71-56-52(83)30-66(34-79,108-60(56)58(87)54(85)32-69-63(90)39-11-15-43(47(26-39)75(98)99)45-17-13-41(73(94)95)28-49(45)77(102)103)106-20-4-24-111-25-19-68-62(89)38-9-7-37(8-10-38)51(82)6-3-22-110-23-5-21-107-67(65(92)93)31-53(84)57(72-36(2)81)61(109-67)59(88)55(86)33-70-64(91)40-12-16-44(48(27-40)76(100)101)46-18-14-42(74(96)97)29-50(46)78(104)105;;;/h7-18,26-29,52-61,83-88H,3-6,19-25,30-33H2,1-2H3,(H,68,89)(H,69,90)(H,70,91)(H,71,80)(H,72,81)(H,92,93);;;1H2/q-1;2*+1;/p-2/t52-,53-,54+,55+,56+,57+,58+,59+,60+,61+,66+,67+;;;/m0.../s1. The van der Waals surface area contributed by atoms with Crippen LogP contribution in [-0.2, 0) is 38.1 Å². The van der Waals surface area contributed by atoms with Crippen molar-refractivity contribution in [3.8, 4) is 22.3 Å². The predicted molar refractivity (Wildman–Crippen MR) is 385 cm³/mol. The first kappa shape index (κ1) is 97.3. The van der Waals surface area contributed by atoms with Gasteiger partial charge in [-0.1, -0.05) is 12.1 Å². The van der Waals surface area contributed by atoms with Crippen LogP contribution >= 0.6 is 23.5 Å². The summed E-state index contributed by atoms with van der Waals surface area (Å²) in [5.74, 6) is -9.83. The molecule has 12 N–H and O–H groups in total. The molecule has 2 heterocycles. The van der Waals surface area contributed by atoms with Crippen molar-refractivity contribution in [2.75, 3.05) is 55.9 Å². The van der Waals surface area contributed by atoms with E-state index < -0.39 is 209 Å². The van der Waals surface area contributed by atoms with Crippen LogP contribution in [0.4, 0.5) is 34.1 Å². The quantitative estimate of drug-likeness (QED) is 0.00436. The van der Waals surface area contributed by atoms with Crippen molar-refractivity contribution in [1.29, 1.82) is 0 Å². The van der Waals surface area contributed by atoms with Gasteiger partial charge in [-0.2, -0.15) is 23.5 Å². The van der Waals surface area contributed by atoms with Crippen LogP contribution < -0.4 is 90.8 Å². The van der Waals surface area contributed by atoms with Crippen molar-refractivity contribution in [3.63, 3.8) is 0 Å². The van der Waals surface area contributed by atoms with Crippen LogP contribution in [0.5, 0.6) is 0 Å². The topological polar surface area (TPSA) is 667 Å². The Balaban J connectivity index is 0.00000913. The molecule has 0 radical (unpaired) electrons. The molecular formula is C67H74N11Na2O32S2-. The van der Waals surface area contributed by atoms with Crippen molar-refractivity contribution in [3.05, 3.63) is 180 Å². The molecule has 12 atom stereocenters. The Morgan fingerprint density at radius 1 is 0.518 bits per heavy atom. The first-order chi connectivity index (χ1) is 52.5. The zero-order valence-electron chi connectivity index (χ0n) is 61.0. The van der Waals surface area contributed by atoms with E-state index >= 15 is 0 Å². The molecule has 5 aromatic carbocycles. The van der Waals surface area contributed by atoms with Gasteiger partial charge in [-0.15, -0.1) is 0 Å². The number of hydrogen-bond acceptors (Lipinski definition) is 34. The molecule has 0 aromatic heterocycles. The van der Waals surface area contributed by atoms with E-state index in [1.54, 1.807) is 6.29 Å². The van der Waals surface area contributed by atoms with Crippen molar-refractivity contribution in [2.24, 2.45) is 0 Å². The molecule has 0 aliphatic carbocycles. The van der Waals surface area contributed by atoms with Crippen LogP contribution in [0.2, 0.25) is 0 Å². The van der Waals surface area contributed by atoms with Gasteiger partial charge in [-0.05, 0) is 85.1 Å². The number of nitrogens with zero attached hydrogens (tertiary/aromatic N) is 6. The molecule has 43 nitrogen and oxygen atoms in total. The summed E-state index contributed by atoms with van der Waals surface area (Å²) < 4.78 is 22.9. The minimum Gasteiger partial charge on any atom is -0.870 e. The van der Waals surface area contributed by atoms with E-state index in [1.807, 2.05) is 0 Å². The number of carboxylic acids is 1. The van der Waals surface area contributed by atoms with E-state index in [4.69, 9.17) is 18.9 Å². The number of carbonyl (C=O) groups is 7. The van der Waals surface area contributed by atoms with Crippen LogP contribution in [-0.4, -0.2) is 242 Å². The number of ketones is 1. The normalized spacial score (nSPS) is 20.0. The molecule has 47 heteroatoms. The molecule has 5 amide bonds. The van der Waals surface area contributed by atoms with Gasteiger partial charge in [0, 0.05) is 112 Å². The number of nitrogens with one attached hydrogen (secondary N) is 5. The number of ether oxygens (including phenoxy) is 4. The fourth-order valence-electron chi connectivity index (χ4n) is 11.8. The number of rotatable bonds is 41. The van der Waals surface area contributed by atoms with Crippen LogP contribution in [0, 0.1) is 60.7 Å². The van der Waals surface area contributed by atoms with Gasteiger partial charge in [0.25, 0.3) is 51.8 Å².